The summed E-state index contributed by atoms with van der Waals surface area (Å²) in [6.07, 6.45) is 0.225. The van der Waals surface area contributed by atoms with Crippen LogP contribution in [0.25, 0.3) is 0 Å². The third-order valence-electron chi connectivity index (χ3n) is 9.66. The van der Waals surface area contributed by atoms with Gasteiger partial charge in [0.2, 0.25) is 10.0 Å². The lowest BCUT2D eigenvalue weighted by Gasteiger charge is -2.37. The SMILES string of the molecule is COc1ccc(COC(C(=O)N2CC34CCC(CC3S2(=O)=O)C4(C)C)C(NC(=O)OC(C)(C)C)c2ccccc2)cc1. The summed E-state index contributed by atoms with van der Waals surface area (Å²) >= 11 is 0. The van der Waals surface area contributed by atoms with E-state index in [2.05, 4.69) is 19.2 Å². The summed E-state index contributed by atoms with van der Waals surface area (Å²) in [4.78, 5) is 27.6. The molecule has 1 spiro atoms. The number of hydrogen-bond acceptors (Lipinski definition) is 7. The van der Waals surface area contributed by atoms with E-state index in [1.165, 1.54) is 0 Å². The monoisotopic (exact) mass is 598 g/mol. The molecule has 1 N–H and O–H groups in total. The third kappa shape index (κ3) is 5.28. The van der Waals surface area contributed by atoms with Gasteiger partial charge < -0.3 is 19.5 Å². The summed E-state index contributed by atoms with van der Waals surface area (Å²) < 4.78 is 46.2. The van der Waals surface area contributed by atoms with Gasteiger partial charge in [0.15, 0.2) is 6.10 Å². The standard InChI is InChI=1S/C32H42N2O7S/c1-30(2,3)41-29(36)33-26(22-10-8-7-9-11-22)27(40-19-21-12-14-24(39-6)15-13-21)28(35)34-20-32-17-16-23(31(32,4)5)18-25(32)42(34,37)38/h7-15,23,25-27H,16-20H2,1-6H3,(H,33,36). The number of carbonyl (C=O) groups excluding carboxylic acids is 2. The number of sulfonamides is 1. The van der Waals surface area contributed by atoms with E-state index in [1.54, 1.807) is 64.3 Å². The van der Waals surface area contributed by atoms with Gasteiger partial charge in [0.25, 0.3) is 5.91 Å². The highest BCUT2D eigenvalue weighted by Crippen LogP contribution is 2.70. The second-order valence-corrected chi connectivity index (χ2v) is 15.4. The summed E-state index contributed by atoms with van der Waals surface area (Å²) in [5.41, 5.74) is -0.126. The average Bonchev–Trinajstić information content (AvgIpc) is 3.43. The molecule has 3 fully saturated rings. The van der Waals surface area contributed by atoms with Crippen molar-refractivity contribution in [3.8, 4) is 5.75 Å². The number of nitrogens with one attached hydrogen (secondary N) is 1. The smallest absolute Gasteiger partial charge is 0.408 e. The summed E-state index contributed by atoms with van der Waals surface area (Å²) in [6, 6.07) is 15.2. The Morgan fingerprint density at radius 2 is 1.74 bits per heavy atom. The fourth-order valence-electron chi connectivity index (χ4n) is 7.28. The molecule has 5 unspecified atom stereocenters. The minimum Gasteiger partial charge on any atom is -0.497 e. The van der Waals surface area contributed by atoms with Gasteiger partial charge in [-0.15, -0.1) is 0 Å². The summed E-state index contributed by atoms with van der Waals surface area (Å²) in [6.45, 7) is 9.66. The molecule has 228 valence electrons. The minimum atomic E-state index is -3.94. The molecule has 9 nitrogen and oxygen atoms in total. The van der Waals surface area contributed by atoms with Gasteiger partial charge in [0.05, 0.1) is 25.0 Å². The Hall–Kier alpha value is -3.11. The van der Waals surface area contributed by atoms with Crippen LogP contribution in [-0.2, 0) is 30.9 Å². The number of alkyl carbamates (subject to hydrolysis) is 1. The Morgan fingerprint density at radius 1 is 1.07 bits per heavy atom. The first-order chi connectivity index (χ1) is 19.7. The quantitative estimate of drug-likeness (QED) is 0.444. The second-order valence-electron chi connectivity index (χ2n) is 13.3. The van der Waals surface area contributed by atoms with E-state index in [-0.39, 0.29) is 18.6 Å². The fourth-order valence-corrected chi connectivity index (χ4v) is 9.89. The number of carbonyl (C=O) groups is 2. The van der Waals surface area contributed by atoms with Crippen LogP contribution in [0.3, 0.4) is 0 Å². The Balaban J connectivity index is 1.52. The number of nitrogens with zero attached hydrogens (tertiary/aromatic N) is 1. The highest BCUT2D eigenvalue weighted by atomic mass is 32.2. The molecule has 5 rings (SSSR count). The number of amides is 2. The van der Waals surface area contributed by atoms with E-state index < -0.39 is 50.4 Å². The lowest BCUT2D eigenvalue weighted by molar-refractivity contribution is -0.142. The molecule has 2 saturated carbocycles. The molecule has 2 aliphatic carbocycles. The lowest BCUT2D eigenvalue weighted by atomic mass is 9.69. The number of hydrogen-bond donors (Lipinski definition) is 1. The van der Waals surface area contributed by atoms with Crippen molar-refractivity contribution in [3.63, 3.8) is 0 Å². The molecule has 1 saturated heterocycles. The zero-order chi connectivity index (χ0) is 30.5. The maximum atomic E-state index is 14.5. The van der Waals surface area contributed by atoms with Crippen molar-refractivity contribution in [1.82, 2.24) is 9.62 Å². The van der Waals surface area contributed by atoms with Gasteiger partial charge in [0, 0.05) is 12.0 Å². The Bertz CT molecular complexity index is 1420. The highest BCUT2D eigenvalue weighted by molar-refractivity contribution is 7.90. The molecule has 0 radical (unpaired) electrons. The molecule has 3 aliphatic rings. The van der Waals surface area contributed by atoms with Gasteiger partial charge in [-0.05, 0) is 74.6 Å². The Kier molecular flexibility index (Phi) is 7.85. The maximum absolute atomic E-state index is 14.5. The highest BCUT2D eigenvalue weighted by Gasteiger charge is 2.73. The molecule has 1 aliphatic heterocycles. The van der Waals surface area contributed by atoms with Crippen molar-refractivity contribution in [2.75, 3.05) is 13.7 Å². The molecule has 2 bridgehead atoms. The third-order valence-corrected chi connectivity index (χ3v) is 11.9. The molecule has 5 atom stereocenters. The van der Waals surface area contributed by atoms with E-state index in [9.17, 15) is 18.0 Å². The van der Waals surface area contributed by atoms with Crippen molar-refractivity contribution < 1.29 is 32.2 Å². The van der Waals surface area contributed by atoms with Crippen LogP contribution < -0.4 is 10.1 Å². The molecular formula is C32H42N2O7S. The predicted molar refractivity (Wildman–Crippen MR) is 158 cm³/mol. The van der Waals surface area contributed by atoms with Crippen molar-refractivity contribution >= 4 is 22.0 Å². The Morgan fingerprint density at radius 3 is 2.31 bits per heavy atom. The van der Waals surface area contributed by atoms with Gasteiger partial charge >= 0.3 is 6.09 Å². The summed E-state index contributed by atoms with van der Waals surface area (Å²) in [7, 11) is -2.37. The normalized spacial score (nSPS) is 26.8. The van der Waals surface area contributed by atoms with Crippen LogP contribution in [0.4, 0.5) is 4.79 Å². The zero-order valence-electron chi connectivity index (χ0n) is 25.3. The van der Waals surface area contributed by atoms with E-state index >= 15 is 0 Å². The van der Waals surface area contributed by atoms with Crippen molar-refractivity contribution in [2.24, 2.45) is 16.7 Å². The largest absolute Gasteiger partial charge is 0.497 e. The van der Waals surface area contributed by atoms with Crippen LogP contribution >= 0.6 is 0 Å². The van der Waals surface area contributed by atoms with E-state index in [0.29, 0.717) is 23.7 Å². The molecule has 1 heterocycles. The lowest BCUT2D eigenvalue weighted by Crippen LogP contribution is -2.50. The molecule has 42 heavy (non-hydrogen) atoms. The topological polar surface area (TPSA) is 111 Å². The van der Waals surface area contributed by atoms with Crippen LogP contribution in [0, 0.1) is 16.7 Å². The van der Waals surface area contributed by atoms with Crippen LogP contribution in [0.1, 0.15) is 71.0 Å². The van der Waals surface area contributed by atoms with Crippen molar-refractivity contribution in [1.29, 1.82) is 0 Å². The van der Waals surface area contributed by atoms with E-state index in [4.69, 9.17) is 14.2 Å². The van der Waals surface area contributed by atoms with Crippen molar-refractivity contribution in [3.05, 3.63) is 65.7 Å². The average molecular weight is 599 g/mol. The first-order valence-corrected chi connectivity index (χ1v) is 16.0. The maximum Gasteiger partial charge on any atom is 0.408 e. The molecule has 2 aromatic rings. The zero-order valence-corrected chi connectivity index (χ0v) is 26.1. The minimum absolute atomic E-state index is 0.00968. The number of methoxy groups -OCH3 is 1. The number of rotatable bonds is 8. The molecule has 2 amide bonds. The van der Waals surface area contributed by atoms with Gasteiger partial charge in [-0.25, -0.2) is 17.5 Å². The molecule has 0 aromatic heterocycles. The van der Waals surface area contributed by atoms with Crippen LogP contribution in [0.5, 0.6) is 5.75 Å². The predicted octanol–water partition coefficient (Wildman–Crippen LogP) is 5.21. The number of ether oxygens (including phenoxy) is 3. The molecule has 10 heteroatoms. The van der Waals surface area contributed by atoms with Crippen LogP contribution in [0.15, 0.2) is 54.6 Å². The van der Waals surface area contributed by atoms with E-state index in [0.717, 1.165) is 22.7 Å². The molecule has 2 aromatic carbocycles. The van der Waals surface area contributed by atoms with Crippen molar-refractivity contribution in [2.45, 2.75) is 83.5 Å². The molecular weight excluding hydrogens is 556 g/mol. The van der Waals surface area contributed by atoms with Crippen LogP contribution in [-0.4, -0.2) is 55.3 Å². The Labute approximate surface area is 249 Å². The summed E-state index contributed by atoms with van der Waals surface area (Å²) in [5, 5.41) is 2.23. The fraction of sp³-hybridized carbons (Fsp3) is 0.562. The van der Waals surface area contributed by atoms with Crippen LogP contribution in [0.2, 0.25) is 0 Å². The number of benzene rings is 2. The van der Waals surface area contributed by atoms with Gasteiger partial charge in [-0.2, -0.15) is 0 Å². The number of fused-ring (bicyclic) bond motifs is 1. The summed E-state index contributed by atoms with van der Waals surface area (Å²) in [5.74, 6) is 0.311. The van der Waals surface area contributed by atoms with Gasteiger partial charge in [0.1, 0.15) is 11.4 Å². The second kappa shape index (κ2) is 10.9. The van der Waals surface area contributed by atoms with E-state index in [1.807, 2.05) is 18.2 Å². The first-order valence-electron chi connectivity index (χ1n) is 14.5. The van der Waals surface area contributed by atoms with Gasteiger partial charge in [-0.3, -0.25) is 4.79 Å². The van der Waals surface area contributed by atoms with Gasteiger partial charge in [-0.1, -0.05) is 56.3 Å². The first kappa shape index (κ1) is 30.4.